The van der Waals surface area contributed by atoms with E-state index >= 15 is 0 Å². The molecule has 0 saturated heterocycles. The van der Waals surface area contributed by atoms with Gasteiger partial charge >= 0.3 is 0 Å². The fourth-order valence-corrected chi connectivity index (χ4v) is 2.44. The van der Waals surface area contributed by atoms with Crippen molar-refractivity contribution in [3.05, 3.63) is 53.1 Å². The topological polar surface area (TPSA) is 33.6 Å². The second-order valence-electron chi connectivity index (χ2n) is 4.18. The number of aryl methyl sites for hydroxylation is 1. The molecule has 0 aliphatic rings. The van der Waals surface area contributed by atoms with Gasteiger partial charge in [-0.1, -0.05) is 19.1 Å². The largest absolute Gasteiger partial charge is 0.329 e. The van der Waals surface area contributed by atoms with Crippen LogP contribution in [0.25, 0.3) is 16.7 Å². The van der Waals surface area contributed by atoms with Crippen molar-refractivity contribution in [1.82, 2.24) is 14.5 Å². The Morgan fingerprint density at radius 1 is 1.33 bits per heavy atom. The van der Waals surface area contributed by atoms with E-state index in [0.29, 0.717) is 4.77 Å². The van der Waals surface area contributed by atoms with E-state index in [0.717, 1.165) is 23.1 Å². The molecule has 3 rings (SSSR count). The van der Waals surface area contributed by atoms with Crippen molar-refractivity contribution < 1.29 is 0 Å². The Bertz CT molecular complexity index is 755. The van der Waals surface area contributed by atoms with Gasteiger partial charge in [0, 0.05) is 11.9 Å². The summed E-state index contributed by atoms with van der Waals surface area (Å²) < 4.78 is 2.75. The molecule has 0 radical (unpaired) electrons. The van der Waals surface area contributed by atoms with Crippen molar-refractivity contribution >= 4 is 23.3 Å². The monoisotopic (exact) mass is 255 g/mol. The van der Waals surface area contributed by atoms with E-state index in [-0.39, 0.29) is 0 Å². The molecule has 1 aromatic carbocycles. The van der Waals surface area contributed by atoms with Crippen LogP contribution in [0.1, 0.15) is 12.5 Å². The summed E-state index contributed by atoms with van der Waals surface area (Å²) in [6.07, 6.45) is 4.60. The zero-order chi connectivity index (χ0) is 12.5. The van der Waals surface area contributed by atoms with Crippen LogP contribution >= 0.6 is 12.2 Å². The molecular weight excluding hydrogens is 242 g/mol. The Kier molecular flexibility index (Phi) is 2.72. The van der Waals surface area contributed by atoms with E-state index in [1.165, 1.54) is 5.56 Å². The summed E-state index contributed by atoms with van der Waals surface area (Å²) >= 11 is 5.39. The molecule has 3 nitrogen and oxygen atoms in total. The molecule has 0 fully saturated rings. The Morgan fingerprint density at radius 2 is 2.22 bits per heavy atom. The number of imidazole rings is 1. The fourth-order valence-electron chi connectivity index (χ4n) is 2.13. The van der Waals surface area contributed by atoms with Crippen molar-refractivity contribution in [1.29, 1.82) is 0 Å². The number of benzene rings is 1. The van der Waals surface area contributed by atoms with Crippen LogP contribution < -0.4 is 0 Å². The molecule has 18 heavy (non-hydrogen) atoms. The number of pyridine rings is 1. The highest BCUT2D eigenvalue weighted by atomic mass is 32.1. The summed E-state index contributed by atoms with van der Waals surface area (Å²) in [7, 11) is 0. The number of H-pyrrole nitrogens is 1. The predicted molar refractivity (Wildman–Crippen MR) is 75.6 cm³/mol. The molecule has 0 unspecified atom stereocenters. The van der Waals surface area contributed by atoms with Crippen molar-refractivity contribution in [3.63, 3.8) is 0 Å². The van der Waals surface area contributed by atoms with E-state index in [9.17, 15) is 0 Å². The summed E-state index contributed by atoms with van der Waals surface area (Å²) in [6.45, 7) is 2.15. The SMILES string of the molecule is CCc1cccc(-n2c(=S)[nH]c3cnccc32)c1. The first kappa shape index (κ1) is 11.2. The minimum atomic E-state index is 0.700. The van der Waals surface area contributed by atoms with E-state index < -0.39 is 0 Å². The van der Waals surface area contributed by atoms with Gasteiger partial charge in [0.05, 0.1) is 17.2 Å². The Hall–Kier alpha value is -1.94. The lowest BCUT2D eigenvalue weighted by molar-refractivity contribution is 1.05. The summed E-state index contributed by atoms with van der Waals surface area (Å²) in [5.41, 5.74) is 4.42. The molecule has 0 spiro atoms. The van der Waals surface area contributed by atoms with Crippen LogP contribution in [0.4, 0.5) is 0 Å². The molecule has 0 aliphatic heterocycles. The minimum absolute atomic E-state index is 0.700. The highest BCUT2D eigenvalue weighted by Crippen LogP contribution is 2.19. The summed E-state index contributed by atoms with van der Waals surface area (Å²) in [5, 5.41) is 0. The average Bonchev–Trinajstić information content (AvgIpc) is 2.74. The minimum Gasteiger partial charge on any atom is -0.329 e. The molecule has 4 heteroatoms. The maximum atomic E-state index is 5.39. The molecule has 0 bridgehead atoms. The van der Waals surface area contributed by atoms with E-state index in [4.69, 9.17) is 12.2 Å². The predicted octanol–water partition coefficient (Wildman–Crippen LogP) is 3.65. The summed E-state index contributed by atoms with van der Waals surface area (Å²) in [5.74, 6) is 0. The van der Waals surface area contributed by atoms with E-state index in [2.05, 4.69) is 41.2 Å². The number of nitrogens with one attached hydrogen (secondary N) is 1. The van der Waals surface area contributed by atoms with Gasteiger partial charge in [0.25, 0.3) is 0 Å². The standard InChI is InChI=1S/C14H13N3S/c1-2-10-4-3-5-11(8-10)17-13-6-7-15-9-12(13)16-14(17)18/h3-9H,2H2,1H3,(H,16,18). The summed E-state index contributed by atoms with van der Waals surface area (Å²) in [4.78, 5) is 7.28. The Balaban J connectivity index is 2.30. The zero-order valence-corrected chi connectivity index (χ0v) is 10.9. The van der Waals surface area contributed by atoms with Crippen LogP contribution in [-0.2, 0) is 6.42 Å². The maximum Gasteiger partial charge on any atom is 0.182 e. The van der Waals surface area contributed by atoms with Gasteiger partial charge in [0.15, 0.2) is 4.77 Å². The van der Waals surface area contributed by atoms with Crippen molar-refractivity contribution in [2.24, 2.45) is 0 Å². The first-order chi connectivity index (χ1) is 8.79. The second-order valence-corrected chi connectivity index (χ2v) is 4.57. The number of hydrogen-bond acceptors (Lipinski definition) is 2. The van der Waals surface area contributed by atoms with Gasteiger partial charge in [0.1, 0.15) is 0 Å². The van der Waals surface area contributed by atoms with Crippen LogP contribution in [-0.4, -0.2) is 14.5 Å². The van der Waals surface area contributed by atoms with Crippen LogP contribution in [0.2, 0.25) is 0 Å². The average molecular weight is 255 g/mol. The van der Waals surface area contributed by atoms with Gasteiger partial charge in [-0.05, 0) is 42.4 Å². The number of rotatable bonds is 2. The third kappa shape index (κ3) is 1.75. The quantitative estimate of drug-likeness (QED) is 0.709. The highest BCUT2D eigenvalue weighted by Gasteiger charge is 2.06. The Morgan fingerprint density at radius 3 is 3.06 bits per heavy atom. The molecule has 2 heterocycles. The first-order valence-corrected chi connectivity index (χ1v) is 6.34. The maximum absolute atomic E-state index is 5.39. The van der Waals surface area contributed by atoms with Gasteiger partial charge in [-0.15, -0.1) is 0 Å². The van der Waals surface area contributed by atoms with Gasteiger partial charge in [-0.3, -0.25) is 9.55 Å². The lowest BCUT2D eigenvalue weighted by atomic mass is 10.1. The molecule has 90 valence electrons. The molecule has 0 atom stereocenters. The van der Waals surface area contributed by atoms with Crippen LogP contribution in [0.3, 0.4) is 0 Å². The van der Waals surface area contributed by atoms with Gasteiger partial charge in [0.2, 0.25) is 0 Å². The normalized spacial score (nSPS) is 10.9. The Labute approximate surface area is 110 Å². The smallest absolute Gasteiger partial charge is 0.182 e. The molecular formula is C14H13N3S. The highest BCUT2D eigenvalue weighted by molar-refractivity contribution is 7.71. The number of hydrogen-bond donors (Lipinski definition) is 1. The third-order valence-corrected chi connectivity index (χ3v) is 3.35. The van der Waals surface area contributed by atoms with E-state index in [1.54, 1.807) is 12.4 Å². The first-order valence-electron chi connectivity index (χ1n) is 5.93. The fraction of sp³-hybridized carbons (Fsp3) is 0.143. The van der Waals surface area contributed by atoms with Gasteiger partial charge < -0.3 is 4.98 Å². The van der Waals surface area contributed by atoms with Crippen molar-refractivity contribution in [3.8, 4) is 5.69 Å². The lowest BCUT2D eigenvalue weighted by Gasteiger charge is -2.06. The van der Waals surface area contributed by atoms with Crippen molar-refractivity contribution in [2.75, 3.05) is 0 Å². The lowest BCUT2D eigenvalue weighted by Crippen LogP contribution is -1.95. The van der Waals surface area contributed by atoms with Crippen molar-refractivity contribution in [2.45, 2.75) is 13.3 Å². The summed E-state index contributed by atoms with van der Waals surface area (Å²) in [6, 6.07) is 10.4. The number of aromatic amines is 1. The van der Waals surface area contributed by atoms with Gasteiger partial charge in [-0.2, -0.15) is 0 Å². The third-order valence-electron chi connectivity index (χ3n) is 3.06. The van der Waals surface area contributed by atoms with E-state index in [1.807, 2.05) is 10.6 Å². The van der Waals surface area contributed by atoms with Crippen LogP contribution in [0.5, 0.6) is 0 Å². The number of aromatic nitrogens is 3. The van der Waals surface area contributed by atoms with Crippen LogP contribution in [0.15, 0.2) is 42.7 Å². The van der Waals surface area contributed by atoms with Gasteiger partial charge in [-0.25, -0.2) is 0 Å². The molecule has 0 aliphatic carbocycles. The van der Waals surface area contributed by atoms with Crippen LogP contribution in [0, 0.1) is 4.77 Å². The number of fused-ring (bicyclic) bond motifs is 1. The molecule has 1 N–H and O–H groups in total. The number of nitrogens with zero attached hydrogens (tertiary/aromatic N) is 2. The zero-order valence-electron chi connectivity index (χ0n) is 10.1. The molecule has 2 aromatic heterocycles. The molecule has 0 saturated carbocycles. The molecule has 3 aromatic rings. The second kappa shape index (κ2) is 4.38. The molecule has 0 amide bonds.